The maximum absolute atomic E-state index is 11.8. The van der Waals surface area contributed by atoms with Gasteiger partial charge in [0.15, 0.2) is 9.84 Å². The lowest BCUT2D eigenvalue weighted by molar-refractivity contribution is -0.119. The minimum atomic E-state index is -3.27. The number of hydrogen-bond donors (Lipinski definition) is 2. The van der Waals surface area contributed by atoms with Crippen LogP contribution in [0, 0.1) is 6.92 Å². The number of amides is 1. The van der Waals surface area contributed by atoms with E-state index in [1.165, 1.54) is 6.07 Å². The number of rotatable bonds is 6. The van der Waals surface area contributed by atoms with Crippen LogP contribution in [0.3, 0.4) is 0 Å². The molecule has 6 nitrogen and oxygen atoms in total. The highest BCUT2D eigenvalue weighted by Crippen LogP contribution is 2.19. The Hall–Kier alpha value is -2.28. The van der Waals surface area contributed by atoms with Gasteiger partial charge in [0.1, 0.15) is 5.76 Å². The molecule has 1 heterocycles. The summed E-state index contributed by atoms with van der Waals surface area (Å²) in [6, 6.07) is 8.31. The second-order valence-electron chi connectivity index (χ2n) is 4.96. The van der Waals surface area contributed by atoms with Gasteiger partial charge >= 0.3 is 0 Å². The number of anilines is 1. The van der Waals surface area contributed by atoms with Crippen molar-refractivity contribution in [3.8, 4) is 0 Å². The molecule has 0 fully saturated rings. The SMILES string of the molecule is Cc1ccc(S(C)(=O)=O)cc1NCC(=O)NCc1ccco1. The number of sulfone groups is 1. The van der Waals surface area contributed by atoms with Crippen molar-refractivity contribution in [1.29, 1.82) is 0 Å². The van der Waals surface area contributed by atoms with Gasteiger partial charge in [0.2, 0.25) is 5.91 Å². The second-order valence-corrected chi connectivity index (χ2v) is 6.97. The lowest BCUT2D eigenvalue weighted by Gasteiger charge is -2.11. The second kappa shape index (κ2) is 6.65. The number of carbonyl (C=O) groups excluding carboxylic acids is 1. The summed E-state index contributed by atoms with van der Waals surface area (Å²) in [5, 5.41) is 5.65. The minimum absolute atomic E-state index is 0.0504. The standard InChI is InChI=1S/C15H18N2O4S/c1-11-5-6-13(22(2,19)20)8-14(11)16-10-15(18)17-9-12-4-3-7-21-12/h3-8,16H,9-10H2,1-2H3,(H,17,18). The lowest BCUT2D eigenvalue weighted by Crippen LogP contribution is -2.29. The maximum atomic E-state index is 11.8. The largest absolute Gasteiger partial charge is 0.467 e. The first-order chi connectivity index (χ1) is 10.4. The van der Waals surface area contributed by atoms with E-state index in [4.69, 9.17) is 4.42 Å². The number of aryl methyl sites for hydroxylation is 1. The molecule has 118 valence electrons. The van der Waals surface area contributed by atoms with Gasteiger partial charge in [-0.05, 0) is 36.8 Å². The third kappa shape index (κ3) is 4.36. The lowest BCUT2D eigenvalue weighted by atomic mass is 10.2. The van der Waals surface area contributed by atoms with Gasteiger partial charge in [0.25, 0.3) is 0 Å². The van der Waals surface area contributed by atoms with Crippen LogP contribution < -0.4 is 10.6 Å². The van der Waals surface area contributed by atoms with Gasteiger partial charge in [-0.25, -0.2) is 8.42 Å². The third-order valence-corrected chi connectivity index (χ3v) is 4.23. The molecule has 7 heteroatoms. The molecule has 0 atom stereocenters. The van der Waals surface area contributed by atoms with Crippen LogP contribution in [0.1, 0.15) is 11.3 Å². The summed E-state index contributed by atoms with van der Waals surface area (Å²) >= 11 is 0. The number of furan rings is 1. The average Bonchev–Trinajstić information content (AvgIpc) is 2.96. The van der Waals surface area contributed by atoms with E-state index in [0.29, 0.717) is 18.0 Å². The van der Waals surface area contributed by atoms with Crippen LogP contribution >= 0.6 is 0 Å². The van der Waals surface area contributed by atoms with E-state index in [9.17, 15) is 13.2 Å². The molecule has 1 amide bonds. The van der Waals surface area contributed by atoms with E-state index in [0.717, 1.165) is 11.8 Å². The molecular weight excluding hydrogens is 304 g/mol. The van der Waals surface area contributed by atoms with Gasteiger partial charge in [0, 0.05) is 11.9 Å². The molecule has 0 aliphatic rings. The summed E-state index contributed by atoms with van der Waals surface area (Å²) in [5.41, 5.74) is 1.49. The first-order valence-electron chi connectivity index (χ1n) is 6.70. The van der Waals surface area contributed by atoms with E-state index in [1.54, 1.807) is 30.5 Å². The van der Waals surface area contributed by atoms with Gasteiger partial charge in [-0.15, -0.1) is 0 Å². The first-order valence-corrected chi connectivity index (χ1v) is 8.59. The van der Waals surface area contributed by atoms with E-state index in [1.807, 2.05) is 6.92 Å². The topological polar surface area (TPSA) is 88.4 Å². The Morgan fingerprint density at radius 1 is 1.27 bits per heavy atom. The molecule has 1 aromatic heterocycles. The smallest absolute Gasteiger partial charge is 0.239 e. The molecule has 0 bridgehead atoms. The fourth-order valence-corrected chi connectivity index (χ4v) is 2.51. The molecule has 22 heavy (non-hydrogen) atoms. The molecule has 2 N–H and O–H groups in total. The predicted octanol–water partition coefficient (Wildman–Crippen LogP) is 1.72. The molecule has 0 unspecified atom stereocenters. The average molecular weight is 322 g/mol. The molecule has 0 spiro atoms. The van der Waals surface area contributed by atoms with Crippen molar-refractivity contribution in [2.24, 2.45) is 0 Å². The third-order valence-electron chi connectivity index (χ3n) is 3.12. The van der Waals surface area contributed by atoms with Gasteiger partial charge in [0.05, 0.1) is 24.2 Å². The molecule has 0 saturated carbocycles. The molecule has 2 aromatic rings. The number of nitrogens with one attached hydrogen (secondary N) is 2. The number of hydrogen-bond acceptors (Lipinski definition) is 5. The number of carbonyl (C=O) groups is 1. The zero-order valence-electron chi connectivity index (χ0n) is 12.4. The predicted molar refractivity (Wildman–Crippen MR) is 83.3 cm³/mol. The van der Waals surface area contributed by atoms with Crippen LogP contribution in [0.15, 0.2) is 45.9 Å². The van der Waals surface area contributed by atoms with Crippen molar-refractivity contribution in [3.05, 3.63) is 47.9 Å². The molecule has 0 aliphatic carbocycles. The Labute approximate surface area is 129 Å². The van der Waals surface area contributed by atoms with E-state index in [-0.39, 0.29) is 17.3 Å². The fourth-order valence-electron chi connectivity index (χ4n) is 1.86. The summed E-state index contributed by atoms with van der Waals surface area (Å²) in [4.78, 5) is 12.0. The first kappa shape index (κ1) is 16.1. The highest BCUT2D eigenvalue weighted by atomic mass is 32.2. The molecule has 0 radical (unpaired) electrons. The van der Waals surface area contributed by atoms with Crippen LogP contribution in [0.5, 0.6) is 0 Å². The Morgan fingerprint density at radius 3 is 2.68 bits per heavy atom. The monoisotopic (exact) mass is 322 g/mol. The summed E-state index contributed by atoms with van der Waals surface area (Å²) in [5.74, 6) is 0.462. The summed E-state index contributed by atoms with van der Waals surface area (Å²) in [6.45, 7) is 2.21. The van der Waals surface area contributed by atoms with Crippen molar-refractivity contribution in [3.63, 3.8) is 0 Å². The van der Waals surface area contributed by atoms with Crippen LogP contribution in [0.2, 0.25) is 0 Å². The molecule has 2 rings (SSSR count). The summed E-state index contributed by atoms with van der Waals surface area (Å²) < 4.78 is 28.2. The maximum Gasteiger partial charge on any atom is 0.239 e. The van der Waals surface area contributed by atoms with Gasteiger partial charge < -0.3 is 15.1 Å². The normalized spacial score (nSPS) is 11.2. The van der Waals surface area contributed by atoms with Crippen molar-refractivity contribution < 1.29 is 17.6 Å². The van der Waals surface area contributed by atoms with Crippen LogP contribution in [0.4, 0.5) is 5.69 Å². The van der Waals surface area contributed by atoms with Crippen LogP contribution in [0.25, 0.3) is 0 Å². The summed E-state index contributed by atoms with van der Waals surface area (Å²) in [6.07, 6.45) is 2.69. The van der Waals surface area contributed by atoms with Crippen molar-refractivity contribution in [1.82, 2.24) is 5.32 Å². The Balaban J connectivity index is 1.94. The molecular formula is C15H18N2O4S. The highest BCUT2D eigenvalue weighted by molar-refractivity contribution is 7.90. The highest BCUT2D eigenvalue weighted by Gasteiger charge is 2.10. The Bertz CT molecular complexity index is 752. The van der Waals surface area contributed by atoms with Crippen LogP contribution in [-0.2, 0) is 21.2 Å². The van der Waals surface area contributed by atoms with E-state index >= 15 is 0 Å². The zero-order valence-corrected chi connectivity index (χ0v) is 13.2. The van der Waals surface area contributed by atoms with Gasteiger partial charge in [-0.1, -0.05) is 6.07 Å². The summed E-state index contributed by atoms with van der Waals surface area (Å²) in [7, 11) is -3.27. The van der Waals surface area contributed by atoms with E-state index in [2.05, 4.69) is 10.6 Å². The fraction of sp³-hybridized carbons (Fsp3) is 0.267. The Kier molecular flexibility index (Phi) is 4.87. The van der Waals surface area contributed by atoms with Crippen molar-refractivity contribution >= 4 is 21.4 Å². The van der Waals surface area contributed by atoms with E-state index < -0.39 is 9.84 Å². The Morgan fingerprint density at radius 2 is 2.05 bits per heavy atom. The zero-order chi connectivity index (χ0) is 16.2. The molecule has 0 saturated heterocycles. The van der Waals surface area contributed by atoms with Crippen molar-refractivity contribution in [2.45, 2.75) is 18.4 Å². The quantitative estimate of drug-likeness (QED) is 0.845. The van der Waals surface area contributed by atoms with Gasteiger partial charge in [-0.3, -0.25) is 4.79 Å². The van der Waals surface area contributed by atoms with Crippen molar-refractivity contribution in [2.75, 3.05) is 18.1 Å². The van der Waals surface area contributed by atoms with Crippen LogP contribution in [-0.4, -0.2) is 27.1 Å². The molecule has 0 aliphatic heterocycles. The minimum Gasteiger partial charge on any atom is -0.467 e. The van der Waals surface area contributed by atoms with Gasteiger partial charge in [-0.2, -0.15) is 0 Å². The number of benzene rings is 1. The molecule has 1 aromatic carbocycles.